The third kappa shape index (κ3) is 3.82. The second kappa shape index (κ2) is 6.99. The van der Waals surface area contributed by atoms with E-state index >= 15 is 0 Å². The number of nitrogens with zero attached hydrogens (tertiary/aromatic N) is 4. The van der Waals surface area contributed by atoms with Crippen molar-refractivity contribution in [3.05, 3.63) is 35.7 Å². The molecule has 1 amide bonds. The Kier molecular flexibility index (Phi) is 4.90. The molecule has 0 saturated heterocycles. The Morgan fingerprint density at radius 2 is 1.96 bits per heavy atom. The van der Waals surface area contributed by atoms with Crippen molar-refractivity contribution >= 4 is 23.6 Å². The third-order valence-electron chi connectivity index (χ3n) is 3.90. The Labute approximate surface area is 155 Å². The first-order valence-corrected chi connectivity index (χ1v) is 9.07. The quantitative estimate of drug-likeness (QED) is 0.850. The fourth-order valence-corrected chi connectivity index (χ4v) is 3.34. The van der Waals surface area contributed by atoms with Crippen molar-refractivity contribution in [2.45, 2.75) is 37.9 Å². The minimum atomic E-state index is -1.10. The van der Waals surface area contributed by atoms with Crippen LogP contribution in [0.4, 0.5) is 0 Å². The van der Waals surface area contributed by atoms with Crippen molar-refractivity contribution in [3.8, 4) is 5.75 Å². The molecule has 0 saturated carbocycles. The number of fused-ring (bicyclic) bond motifs is 1. The molecule has 3 rings (SSSR count). The number of rotatable bonds is 5. The number of amides is 1. The number of aliphatic carboxylic acids is 1. The summed E-state index contributed by atoms with van der Waals surface area (Å²) in [6, 6.07) is 7.77. The summed E-state index contributed by atoms with van der Waals surface area (Å²) < 4.78 is 7.18. The number of ether oxygens (including phenoxy) is 1. The summed E-state index contributed by atoms with van der Waals surface area (Å²) in [6.07, 6.45) is 0. The van der Waals surface area contributed by atoms with Crippen LogP contribution in [0.25, 0.3) is 0 Å². The van der Waals surface area contributed by atoms with Crippen molar-refractivity contribution in [2.24, 2.45) is 0 Å². The zero-order valence-corrected chi connectivity index (χ0v) is 15.6. The number of thioether (sulfide) groups is 1. The molecule has 1 aliphatic heterocycles. The van der Waals surface area contributed by atoms with Crippen molar-refractivity contribution in [1.29, 1.82) is 0 Å². The van der Waals surface area contributed by atoms with E-state index in [4.69, 9.17) is 9.84 Å². The van der Waals surface area contributed by atoms with E-state index < -0.39 is 12.5 Å². The molecule has 9 heteroatoms. The van der Waals surface area contributed by atoms with Crippen LogP contribution in [-0.4, -0.2) is 44.2 Å². The van der Waals surface area contributed by atoms with Crippen LogP contribution in [0.3, 0.4) is 0 Å². The van der Waals surface area contributed by atoms with Crippen molar-refractivity contribution < 1.29 is 19.4 Å². The lowest BCUT2D eigenvalue weighted by atomic mass is 9.87. The van der Waals surface area contributed by atoms with E-state index in [0.717, 1.165) is 5.01 Å². The summed E-state index contributed by atoms with van der Waals surface area (Å²) in [6.45, 7) is 6.04. The molecule has 1 aliphatic rings. The molecular weight excluding hydrogens is 356 g/mol. The van der Waals surface area contributed by atoms with Crippen LogP contribution in [0, 0.1) is 0 Å². The van der Waals surface area contributed by atoms with Crippen LogP contribution >= 0.6 is 11.8 Å². The fraction of sp³-hybridized carbons (Fsp3) is 0.412. The van der Waals surface area contributed by atoms with E-state index in [0.29, 0.717) is 16.7 Å². The number of carbonyl (C=O) groups excluding carboxylic acids is 1. The second-order valence-electron chi connectivity index (χ2n) is 6.91. The van der Waals surface area contributed by atoms with Gasteiger partial charge in [0.2, 0.25) is 5.16 Å². The van der Waals surface area contributed by atoms with Crippen LogP contribution in [0.2, 0.25) is 0 Å². The van der Waals surface area contributed by atoms with E-state index in [-0.39, 0.29) is 23.7 Å². The Hall–Kier alpha value is -2.55. The molecule has 2 heterocycles. The fourth-order valence-electron chi connectivity index (χ4n) is 2.52. The second-order valence-corrected chi connectivity index (χ2v) is 7.85. The van der Waals surface area contributed by atoms with Gasteiger partial charge in [-0.05, 0) is 23.1 Å². The standard InChI is InChI=1S/C17H20N4O4S/c1-17(2,3)11-4-6-12(7-5-11)25-9-13-18-19-16-21(13)20(8-15(23)24)14(22)10-26-16/h4-7H,8-10H2,1-3H3,(H,23,24). The maximum absolute atomic E-state index is 12.1. The van der Waals surface area contributed by atoms with E-state index in [1.54, 1.807) is 0 Å². The first kappa shape index (κ1) is 18.2. The Bertz CT molecular complexity index is 826. The van der Waals surface area contributed by atoms with Crippen LogP contribution < -0.4 is 9.75 Å². The largest absolute Gasteiger partial charge is 0.486 e. The van der Waals surface area contributed by atoms with Gasteiger partial charge in [-0.3, -0.25) is 9.59 Å². The van der Waals surface area contributed by atoms with E-state index in [9.17, 15) is 9.59 Å². The first-order valence-electron chi connectivity index (χ1n) is 8.08. The summed E-state index contributed by atoms with van der Waals surface area (Å²) in [7, 11) is 0. The molecule has 1 aromatic heterocycles. The minimum absolute atomic E-state index is 0.0551. The summed E-state index contributed by atoms with van der Waals surface area (Å²) in [5.74, 6) is -0.229. The zero-order chi connectivity index (χ0) is 18.9. The van der Waals surface area contributed by atoms with Crippen molar-refractivity contribution in [2.75, 3.05) is 17.3 Å². The van der Waals surface area contributed by atoms with Gasteiger partial charge in [-0.15, -0.1) is 10.2 Å². The Balaban J connectivity index is 1.76. The number of carboxylic acids is 1. The molecule has 2 aromatic rings. The van der Waals surface area contributed by atoms with E-state index in [1.807, 2.05) is 24.3 Å². The molecule has 0 unspecified atom stereocenters. The lowest BCUT2D eigenvalue weighted by Crippen LogP contribution is -2.48. The van der Waals surface area contributed by atoms with Gasteiger partial charge >= 0.3 is 5.97 Å². The minimum Gasteiger partial charge on any atom is -0.486 e. The first-order chi connectivity index (χ1) is 12.3. The average Bonchev–Trinajstić information content (AvgIpc) is 2.98. The van der Waals surface area contributed by atoms with Gasteiger partial charge in [0.25, 0.3) is 5.91 Å². The topological polar surface area (TPSA) is 97.6 Å². The predicted molar refractivity (Wildman–Crippen MR) is 95.9 cm³/mol. The maximum Gasteiger partial charge on any atom is 0.325 e. The molecule has 0 fully saturated rings. The predicted octanol–water partition coefficient (Wildman–Crippen LogP) is 1.81. The SMILES string of the molecule is CC(C)(C)c1ccc(OCc2nnc3n2N(CC(=O)O)C(=O)CS3)cc1. The molecule has 0 aliphatic carbocycles. The highest BCUT2D eigenvalue weighted by Gasteiger charge is 2.30. The number of carboxylic acid groups (broad SMARTS) is 1. The molecule has 0 bridgehead atoms. The van der Waals surface area contributed by atoms with Gasteiger partial charge in [-0.1, -0.05) is 44.7 Å². The van der Waals surface area contributed by atoms with Gasteiger partial charge in [0.1, 0.15) is 18.9 Å². The van der Waals surface area contributed by atoms with Gasteiger partial charge in [0, 0.05) is 0 Å². The lowest BCUT2D eigenvalue weighted by molar-refractivity contribution is -0.137. The third-order valence-corrected chi connectivity index (χ3v) is 4.81. The Morgan fingerprint density at radius 3 is 2.58 bits per heavy atom. The van der Waals surface area contributed by atoms with E-state index in [1.165, 1.54) is 22.0 Å². The molecule has 0 radical (unpaired) electrons. The van der Waals surface area contributed by atoms with Crippen LogP contribution in [0.15, 0.2) is 29.4 Å². The Morgan fingerprint density at radius 1 is 1.27 bits per heavy atom. The number of benzene rings is 1. The zero-order valence-electron chi connectivity index (χ0n) is 14.8. The highest BCUT2D eigenvalue weighted by atomic mass is 32.2. The lowest BCUT2D eigenvalue weighted by Gasteiger charge is -2.27. The molecule has 138 valence electrons. The highest BCUT2D eigenvalue weighted by molar-refractivity contribution is 7.99. The normalized spacial score (nSPS) is 14.3. The molecular formula is C17H20N4O4S. The average molecular weight is 376 g/mol. The maximum atomic E-state index is 12.1. The highest BCUT2D eigenvalue weighted by Crippen LogP contribution is 2.26. The summed E-state index contributed by atoms with van der Waals surface area (Å²) in [4.78, 5) is 23.1. The monoisotopic (exact) mass is 376 g/mol. The summed E-state index contributed by atoms with van der Waals surface area (Å²) in [5.41, 5.74) is 1.25. The van der Waals surface area contributed by atoms with Crippen LogP contribution in [0.5, 0.6) is 5.75 Å². The van der Waals surface area contributed by atoms with Gasteiger partial charge in [-0.25, -0.2) is 9.69 Å². The molecule has 1 N–H and O–H groups in total. The van der Waals surface area contributed by atoms with E-state index in [2.05, 4.69) is 31.0 Å². The number of hydrogen-bond donors (Lipinski definition) is 1. The van der Waals surface area contributed by atoms with Gasteiger partial charge in [0.05, 0.1) is 5.75 Å². The number of carbonyl (C=O) groups is 2. The van der Waals surface area contributed by atoms with Crippen LogP contribution in [-0.2, 0) is 21.6 Å². The van der Waals surface area contributed by atoms with Gasteiger partial charge in [-0.2, -0.15) is 0 Å². The number of hydrogen-bond acceptors (Lipinski definition) is 6. The van der Waals surface area contributed by atoms with Crippen molar-refractivity contribution in [1.82, 2.24) is 14.9 Å². The molecule has 0 spiro atoms. The number of aromatic nitrogens is 3. The van der Waals surface area contributed by atoms with Crippen molar-refractivity contribution in [3.63, 3.8) is 0 Å². The molecule has 8 nitrogen and oxygen atoms in total. The van der Waals surface area contributed by atoms with Gasteiger partial charge < -0.3 is 9.84 Å². The molecule has 26 heavy (non-hydrogen) atoms. The van der Waals surface area contributed by atoms with Crippen LogP contribution in [0.1, 0.15) is 32.2 Å². The summed E-state index contributed by atoms with van der Waals surface area (Å²) >= 11 is 1.22. The smallest absolute Gasteiger partial charge is 0.325 e. The summed E-state index contributed by atoms with van der Waals surface area (Å²) in [5, 5.41) is 18.7. The van der Waals surface area contributed by atoms with Gasteiger partial charge in [0.15, 0.2) is 5.82 Å². The molecule has 1 aromatic carbocycles. The molecule has 0 atom stereocenters.